The Kier molecular flexibility index (Phi) is 4.10. The van der Waals surface area contributed by atoms with Gasteiger partial charge in [0.25, 0.3) is 0 Å². The quantitative estimate of drug-likeness (QED) is 0.837. The number of rotatable bonds is 4. The summed E-state index contributed by atoms with van der Waals surface area (Å²) < 4.78 is 25.7. The van der Waals surface area contributed by atoms with Crippen molar-refractivity contribution in [3.05, 3.63) is 29.3 Å². The van der Waals surface area contributed by atoms with Crippen molar-refractivity contribution < 1.29 is 13.5 Å². The Labute approximate surface area is 93.9 Å². The van der Waals surface area contributed by atoms with Crippen molar-refractivity contribution in [1.82, 2.24) is 4.72 Å². The maximum Gasteiger partial charge on any atom is 0.242 e. The lowest BCUT2D eigenvalue weighted by Crippen LogP contribution is -2.35. The van der Waals surface area contributed by atoms with Crippen LogP contribution in [0.25, 0.3) is 0 Å². The molecule has 0 radical (unpaired) electrons. The van der Waals surface area contributed by atoms with Gasteiger partial charge in [-0.2, -0.15) is 0 Å². The molecular formula is C9H12ClNO3S. The number of halogens is 1. The van der Waals surface area contributed by atoms with Gasteiger partial charge in [-0.25, -0.2) is 13.1 Å². The second kappa shape index (κ2) is 4.94. The molecule has 2 N–H and O–H groups in total. The van der Waals surface area contributed by atoms with Crippen LogP contribution in [-0.2, 0) is 10.0 Å². The molecule has 0 fully saturated rings. The lowest BCUT2D eigenvalue weighted by atomic mass is 10.4. The van der Waals surface area contributed by atoms with Crippen molar-refractivity contribution in [2.45, 2.75) is 17.9 Å². The van der Waals surface area contributed by atoms with E-state index in [4.69, 9.17) is 16.7 Å². The Bertz CT molecular complexity index is 433. The van der Waals surface area contributed by atoms with Crippen molar-refractivity contribution in [3.63, 3.8) is 0 Å². The van der Waals surface area contributed by atoms with Gasteiger partial charge in [-0.3, -0.25) is 0 Å². The molecule has 0 heterocycles. The average Bonchev–Trinajstić information content (AvgIpc) is 2.17. The fourth-order valence-electron chi connectivity index (χ4n) is 1.03. The van der Waals surface area contributed by atoms with E-state index in [0.29, 0.717) is 0 Å². The maximum absolute atomic E-state index is 11.7. The summed E-state index contributed by atoms with van der Waals surface area (Å²) in [6.45, 7) is 1.30. The lowest BCUT2D eigenvalue weighted by Gasteiger charge is -2.12. The molecule has 0 aliphatic heterocycles. The van der Waals surface area contributed by atoms with E-state index in [1.807, 2.05) is 0 Å². The van der Waals surface area contributed by atoms with E-state index in [9.17, 15) is 8.42 Å². The molecule has 84 valence electrons. The Hall–Kier alpha value is -0.620. The van der Waals surface area contributed by atoms with Crippen LogP contribution in [0.4, 0.5) is 0 Å². The highest BCUT2D eigenvalue weighted by Gasteiger charge is 2.19. The first kappa shape index (κ1) is 12.4. The fraction of sp³-hybridized carbons (Fsp3) is 0.333. The van der Waals surface area contributed by atoms with Gasteiger partial charge < -0.3 is 5.11 Å². The number of benzene rings is 1. The Morgan fingerprint density at radius 1 is 1.47 bits per heavy atom. The van der Waals surface area contributed by atoms with Crippen LogP contribution in [0, 0.1) is 0 Å². The van der Waals surface area contributed by atoms with Gasteiger partial charge >= 0.3 is 0 Å². The summed E-state index contributed by atoms with van der Waals surface area (Å²) in [4.78, 5) is 0.0203. The first-order chi connectivity index (χ1) is 6.97. The summed E-state index contributed by atoms with van der Waals surface area (Å²) >= 11 is 5.75. The van der Waals surface area contributed by atoms with Gasteiger partial charge in [0, 0.05) is 6.04 Å². The van der Waals surface area contributed by atoms with Crippen molar-refractivity contribution >= 4 is 21.6 Å². The first-order valence-corrected chi connectivity index (χ1v) is 6.21. The van der Waals surface area contributed by atoms with Crippen LogP contribution in [0.3, 0.4) is 0 Å². The molecule has 15 heavy (non-hydrogen) atoms. The second-order valence-corrected chi connectivity index (χ2v) is 5.22. The van der Waals surface area contributed by atoms with Crippen LogP contribution >= 0.6 is 11.6 Å². The topological polar surface area (TPSA) is 66.4 Å². The zero-order chi connectivity index (χ0) is 11.5. The van der Waals surface area contributed by atoms with E-state index in [-0.39, 0.29) is 16.5 Å². The van der Waals surface area contributed by atoms with E-state index in [1.54, 1.807) is 19.1 Å². The molecule has 0 amide bonds. The van der Waals surface area contributed by atoms with Crippen LogP contribution < -0.4 is 4.72 Å². The fourth-order valence-corrected chi connectivity index (χ4v) is 2.78. The minimum atomic E-state index is -3.64. The summed E-state index contributed by atoms with van der Waals surface area (Å²) in [5, 5.41) is 8.92. The van der Waals surface area contributed by atoms with Gasteiger partial charge in [-0.15, -0.1) is 0 Å². The van der Waals surface area contributed by atoms with Crippen LogP contribution in [-0.4, -0.2) is 26.2 Å². The highest BCUT2D eigenvalue weighted by atomic mass is 35.5. The molecule has 0 saturated carbocycles. The van der Waals surface area contributed by atoms with Gasteiger partial charge in [0.05, 0.1) is 11.6 Å². The Morgan fingerprint density at radius 2 is 2.07 bits per heavy atom. The SMILES string of the molecule is C[C@H](CO)NS(=O)(=O)c1ccccc1Cl. The van der Waals surface area contributed by atoms with Gasteiger partial charge in [-0.1, -0.05) is 23.7 Å². The predicted octanol–water partition coefficient (Wildman–Crippen LogP) is 0.999. The number of hydrogen-bond donors (Lipinski definition) is 2. The van der Waals surface area contributed by atoms with Crippen molar-refractivity contribution in [3.8, 4) is 0 Å². The average molecular weight is 250 g/mol. The van der Waals surface area contributed by atoms with Crippen molar-refractivity contribution in [2.24, 2.45) is 0 Å². The summed E-state index contributed by atoms with van der Waals surface area (Å²) in [7, 11) is -3.64. The maximum atomic E-state index is 11.7. The number of aliphatic hydroxyl groups excluding tert-OH is 1. The molecule has 0 aliphatic carbocycles. The van der Waals surface area contributed by atoms with Gasteiger partial charge in [0.2, 0.25) is 10.0 Å². The number of aliphatic hydroxyl groups is 1. The molecular weight excluding hydrogens is 238 g/mol. The molecule has 0 aromatic heterocycles. The molecule has 0 unspecified atom stereocenters. The summed E-state index contributed by atoms with van der Waals surface area (Å²) in [6.07, 6.45) is 0. The molecule has 6 heteroatoms. The molecule has 0 spiro atoms. The second-order valence-electron chi connectivity index (χ2n) is 3.14. The van der Waals surface area contributed by atoms with Gasteiger partial charge in [0.1, 0.15) is 4.90 Å². The monoisotopic (exact) mass is 249 g/mol. The van der Waals surface area contributed by atoms with E-state index in [2.05, 4.69) is 4.72 Å². The van der Waals surface area contributed by atoms with Gasteiger partial charge in [0.15, 0.2) is 0 Å². The number of sulfonamides is 1. The van der Waals surface area contributed by atoms with E-state index in [0.717, 1.165) is 0 Å². The summed E-state index contributed by atoms with van der Waals surface area (Å²) in [6, 6.07) is 5.61. The van der Waals surface area contributed by atoms with Crippen LogP contribution in [0.15, 0.2) is 29.2 Å². The third-order valence-electron chi connectivity index (χ3n) is 1.76. The molecule has 0 saturated heterocycles. The third-order valence-corrected chi connectivity index (χ3v) is 3.85. The summed E-state index contributed by atoms with van der Waals surface area (Å²) in [5.74, 6) is 0. The largest absolute Gasteiger partial charge is 0.395 e. The molecule has 1 atom stereocenters. The molecule has 0 bridgehead atoms. The highest BCUT2D eigenvalue weighted by molar-refractivity contribution is 7.89. The van der Waals surface area contributed by atoms with Crippen molar-refractivity contribution in [1.29, 1.82) is 0 Å². The highest BCUT2D eigenvalue weighted by Crippen LogP contribution is 2.20. The van der Waals surface area contributed by atoms with E-state index < -0.39 is 16.1 Å². The van der Waals surface area contributed by atoms with Crippen LogP contribution in [0.5, 0.6) is 0 Å². The zero-order valence-electron chi connectivity index (χ0n) is 8.14. The summed E-state index contributed by atoms with van der Waals surface area (Å²) in [5.41, 5.74) is 0. The predicted molar refractivity (Wildman–Crippen MR) is 58.3 cm³/mol. The van der Waals surface area contributed by atoms with Crippen LogP contribution in [0.2, 0.25) is 5.02 Å². The smallest absolute Gasteiger partial charge is 0.242 e. The minimum Gasteiger partial charge on any atom is -0.395 e. The molecule has 1 aromatic rings. The first-order valence-electron chi connectivity index (χ1n) is 4.35. The van der Waals surface area contributed by atoms with Crippen molar-refractivity contribution in [2.75, 3.05) is 6.61 Å². The van der Waals surface area contributed by atoms with Gasteiger partial charge in [-0.05, 0) is 19.1 Å². The molecule has 0 aliphatic rings. The number of nitrogens with one attached hydrogen (secondary N) is 1. The normalized spacial score (nSPS) is 13.8. The van der Waals surface area contributed by atoms with Crippen LogP contribution in [0.1, 0.15) is 6.92 Å². The molecule has 4 nitrogen and oxygen atoms in total. The molecule has 1 rings (SSSR count). The zero-order valence-corrected chi connectivity index (χ0v) is 9.72. The third kappa shape index (κ3) is 3.17. The Morgan fingerprint density at radius 3 is 2.60 bits per heavy atom. The number of hydrogen-bond acceptors (Lipinski definition) is 3. The minimum absolute atomic E-state index is 0.0203. The van der Waals surface area contributed by atoms with E-state index >= 15 is 0 Å². The van der Waals surface area contributed by atoms with E-state index in [1.165, 1.54) is 12.1 Å². The molecule has 1 aromatic carbocycles. The standard InChI is InChI=1S/C9H12ClNO3S/c1-7(6-12)11-15(13,14)9-5-3-2-4-8(9)10/h2-5,7,11-12H,6H2,1H3/t7-/m1/s1. The lowest BCUT2D eigenvalue weighted by molar-refractivity contribution is 0.265. The Balaban J connectivity index is 3.02.